The molecule has 1 fully saturated rings. The zero-order chi connectivity index (χ0) is 15.2. The van der Waals surface area contributed by atoms with E-state index in [-0.39, 0.29) is 18.2 Å². The van der Waals surface area contributed by atoms with E-state index in [4.69, 9.17) is 5.73 Å². The molecule has 4 nitrogen and oxygen atoms in total. The number of hydrogen-bond donors (Lipinski definition) is 2. The smallest absolute Gasteiger partial charge is 0.254 e. The van der Waals surface area contributed by atoms with Crippen molar-refractivity contribution in [1.82, 2.24) is 5.32 Å². The fourth-order valence-corrected chi connectivity index (χ4v) is 3.43. The molecule has 0 aromatic heterocycles. The van der Waals surface area contributed by atoms with Crippen molar-refractivity contribution >= 4 is 16.7 Å². The van der Waals surface area contributed by atoms with Gasteiger partial charge in [0.05, 0.1) is 12.1 Å². The molecule has 1 aliphatic rings. The normalized spacial score (nSPS) is 21.2. The van der Waals surface area contributed by atoms with Gasteiger partial charge in [-0.05, 0) is 31.0 Å². The fraction of sp³-hybridized carbons (Fsp3) is 0.400. The van der Waals surface area contributed by atoms with Gasteiger partial charge < -0.3 is 11.1 Å². The first-order chi connectivity index (χ1) is 10.1. The zero-order valence-electron chi connectivity index (χ0n) is 11.5. The highest BCUT2D eigenvalue weighted by Gasteiger charge is 2.21. The molecular formula is C15H17FN2O2S. The van der Waals surface area contributed by atoms with E-state index in [1.807, 2.05) is 0 Å². The Morgan fingerprint density at radius 1 is 1.43 bits per heavy atom. The van der Waals surface area contributed by atoms with E-state index in [0.717, 1.165) is 0 Å². The minimum atomic E-state index is -0.788. The van der Waals surface area contributed by atoms with Gasteiger partial charge in [-0.2, -0.15) is 0 Å². The average molecular weight is 308 g/mol. The van der Waals surface area contributed by atoms with Crippen LogP contribution >= 0.6 is 0 Å². The summed E-state index contributed by atoms with van der Waals surface area (Å²) < 4.78 is 25.1. The van der Waals surface area contributed by atoms with Crippen LogP contribution in [0.4, 0.5) is 4.39 Å². The number of carbonyl (C=O) groups is 1. The minimum Gasteiger partial charge on any atom is -0.349 e. The molecule has 0 saturated carbocycles. The Morgan fingerprint density at radius 2 is 2.14 bits per heavy atom. The number of nitrogens with two attached hydrogens (primary N) is 1. The lowest BCUT2D eigenvalue weighted by Gasteiger charge is -2.22. The van der Waals surface area contributed by atoms with Crippen molar-refractivity contribution in [1.29, 1.82) is 0 Å². The van der Waals surface area contributed by atoms with Gasteiger partial charge in [0.15, 0.2) is 0 Å². The second-order valence-corrected chi connectivity index (χ2v) is 6.49. The van der Waals surface area contributed by atoms with Crippen molar-refractivity contribution in [2.75, 3.05) is 18.1 Å². The molecule has 3 N–H and O–H groups in total. The van der Waals surface area contributed by atoms with E-state index >= 15 is 0 Å². The van der Waals surface area contributed by atoms with Gasteiger partial charge in [-0.1, -0.05) is 11.8 Å². The van der Waals surface area contributed by atoms with Crippen LogP contribution < -0.4 is 11.1 Å². The third-order valence-electron chi connectivity index (χ3n) is 3.27. The molecule has 1 aliphatic heterocycles. The van der Waals surface area contributed by atoms with E-state index in [9.17, 15) is 13.4 Å². The number of nitrogens with one attached hydrogen (secondary N) is 1. The highest BCUT2D eigenvalue weighted by atomic mass is 32.2. The number of rotatable bonds is 2. The first-order valence-electron chi connectivity index (χ1n) is 6.74. The Labute approximate surface area is 125 Å². The van der Waals surface area contributed by atoms with E-state index in [1.54, 1.807) is 0 Å². The topological polar surface area (TPSA) is 72.2 Å². The van der Waals surface area contributed by atoms with Gasteiger partial charge >= 0.3 is 0 Å². The molecule has 21 heavy (non-hydrogen) atoms. The predicted molar refractivity (Wildman–Crippen MR) is 80.7 cm³/mol. The van der Waals surface area contributed by atoms with E-state index in [1.165, 1.54) is 18.2 Å². The molecule has 1 aromatic rings. The summed E-state index contributed by atoms with van der Waals surface area (Å²) in [5.74, 6) is 5.56. The van der Waals surface area contributed by atoms with Crippen molar-refractivity contribution in [2.24, 2.45) is 5.73 Å². The lowest BCUT2D eigenvalue weighted by atomic mass is 10.1. The molecule has 1 saturated heterocycles. The Hall–Kier alpha value is -1.71. The lowest BCUT2D eigenvalue weighted by Crippen LogP contribution is -2.39. The Morgan fingerprint density at radius 3 is 2.81 bits per heavy atom. The van der Waals surface area contributed by atoms with Crippen LogP contribution in [0, 0.1) is 17.7 Å². The van der Waals surface area contributed by atoms with Crippen LogP contribution in [-0.2, 0) is 10.8 Å². The molecule has 2 rings (SSSR count). The molecule has 0 bridgehead atoms. The van der Waals surface area contributed by atoms with Crippen molar-refractivity contribution in [3.63, 3.8) is 0 Å². The Kier molecular flexibility index (Phi) is 5.48. The van der Waals surface area contributed by atoms with E-state index in [2.05, 4.69) is 17.2 Å². The van der Waals surface area contributed by atoms with Gasteiger partial charge in [0.1, 0.15) is 5.82 Å². The van der Waals surface area contributed by atoms with Gasteiger partial charge in [0.2, 0.25) is 0 Å². The largest absolute Gasteiger partial charge is 0.349 e. The van der Waals surface area contributed by atoms with Crippen molar-refractivity contribution in [2.45, 2.75) is 18.9 Å². The molecule has 0 spiro atoms. The molecule has 1 aromatic carbocycles. The Bertz CT molecular complexity index is 612. The van der Waals surface area contributed by atoms with E-state index < -0.39 is 22.5 Å². The summed E-state index contributed by atoms with van der Waals surface area (Å²) in [5, 5.41) is 2.79. The summed E-state index contributed by atoms with van der Waals surface area (Å²) >= 11 is 0. The van der Waals surface area contributed by atoms with Crippen molar-refractivity contribution in [3.05, 3.63) is 35.1 Å². The highest BCUT2D eigenvalue weighted by Crippen LogP contribution is 2.13. The molecule has 0 radical (unpaired) electrons. The maximum atomic E-state index is 13.8. The number of hydrogen-bond acceptors (Lipinski definition) is 3. The third kappa shape index (κ3) is 4.38. The number of halogens is 1. The molecule has 1 amide bonds. The van der Waals surface area contributed by atoms with Gasteiger partial charge in [0, 0.05) is 33.9 Å². The van der Waals surface area contributed by atoms with Crippen LogP contribution in [0.2, 0.25) is 0 Å². The lowest BCUT2D eigenvalue weighted by molar-refractivity contribution is 0.0930. The Balaban J connectivity index is 2.09. The number of amides is 1. The molecule has 0 unspecified atom stereocenters. The van der Waals surface area contributed by atoms with Gasteiger partial charge in [-0.25, -0.2) is 4.39 Å². The standard InChI is InChI=1S/C15H17FN2O2S/c16-14-4-3-11(2-1-7-17)10-13(14)15(19)18-12-5-8-21(20)9-6-12/h3-4,10,12H,5-9,17H2,(H,18,19). The predicted octanol–water partition coefficient (Wildman–Crippen LogP) is 0.777. The molecule has 6 heteroatoms. The number of carbonyl (C=O) groups excluding carboxylic acids is 1. The minimum absolute atomic E-state index is 0.0227. The van der Waals surface area contributed by atoms with Gasteiger partial charge in [0.25, 0.3) is 5.91 Å². The summed E-state index contributed by atoms with van der Waals surface area (Å²) in [5.41, 5.74) is 5.82. The summed E-state index contributed by atoms with van der Waals surface area (Å²) in [7, 11) is -0.788. The maximum absolute atomic E-state index is 13.8. The molecular weight excluding hydrogens is 291 g/mol. The SMILES string of the molecule is NCC#Cc1ccc(F)c(C(=O)NC2CCS(=O)CC2)c1. The summed E-state index contributed by atoms with van der Waals surface area (Å²) in [6, 6.07) is 4.12. The molecule has 0 atom stereocenters. The molecule has 1 heterocycles. The van der Waals surface area contributed by atoms with Crippen molar-refractivity contribution in [3.8, 4) is 11.8 Å². The summed E-state index contributed by atoms with van der Waals surface area (Å²) in [6.45, 7) is 0.206. The quantitative estimate of drug-likeness (QED) is 0.793. The van der Waals surface area contributed by atoms with Crippen LogP contribution in [0.1, 0.15) is 28.8 Å². The van der Waals surface area contributed by atoms with Crippen LogP contribution in [-0.4, -0.2) is 34.2 Å². The van der Waals surface area contributed by atoms with Crippen LogP contribution in [0.3, 0.4) is 0 Å². The van der Waals surface area contributed by atoms with Gasteiger partial charge in [-0.3, -0.25) is 9.00 Å². The fourth-order valence-electron chi connectivity index (χ4n) is 2.13. The van der Waals surface area contributed by atoms with Crippen LogP contribution in [0.25, 0.3) is 0 Å². The van der Waals surface area contributed by atoms with Gasteiger partial charge in [-0.15, -0.1) is 0 Å². The first kappa shape index (κ1) is 15.7. The second-order valence-electron chi connectivity index (χ2n) is 4.80. The first-order valence-corrected chi connectivity index (χ1v) is 8.23. The molecule has 0 aliphatic carbocycles. The van der Waals surface area contributed by atoms with Crippen molar-refractivity contribution < 1.29 is 13.4 Å². The average Bonchev–Trinajstić information content (AvgIpc) is 2.48. The van der Waals surface area contributed by atoms with Crippen LogP contribution in [0.15, 0.2) is 18.2 Å². The van der Waals surface area contributed by atoms with E-state index in [0.29, 0.717) is 29.9 Å². The second kappa shape index (κ2) is 7.34. The summed E-state index contributed by atoms with van der Waals surface area (Å²) in [4.78, 5) is 12.1. The zero-order valence-corrected chi connectivity index (χ0v) is 12.3. The number of benzene rings is 1. The monoisotopic (exact) mass is 308 g/mol. The molecule has 112 valence electrons. The third-order valence-corrected chi connectivity index (χ3v) is 4.65. The van der Waals surface area contributed by atoms with Crippen LogP contribution in [0.5, 0.6) is 0 Å². The highest BCUT2D eigenvalue weighted by molar-refractivity contribution is 7.85. The maximum Gasteiger partial charge on any atom is 0.254 e. The summed E-state index contributed by atoms with van der Waals surface area (Å²) in [6.07, 6.45) is 1.32.